The fourth-order valence-corrected chi connectivity index (χ4v) is 0.768. The van der Waals surface area contributed by atoms with E-state index in [1.54, 1.807) is 13.0 Å². The molecule has 0 N–H and O–H groups in total. The largest absolute Gasteiger partial charge is 0.449 e. The number of allylic oxidation sites excluding steroid dienone is 1. The molecule has 0 saturated carbocycles. The van der Waals surface area contributed by atoms with Crippen molar-refractivity contribution < 1.29 is 9.53 Å². The van der Waals surface area contributed by atoms with Gasteiger partial charge in [-0.15, -0.1) is 0 Å². The first-order valence-corrected chi connectivity index (χ1v) is 4.53. The highest BCUT2D eigenvalue weighted by molar-refractivity contribution is 5.88. The summed E-state index contributed by atoms with van der Waals surface area (Å²) in [4.78, 5) is 11.0. The van der Waals surface area contributed by atoms with Crippen LogP contribution in [0.25, 0.3) is 0 Å². The molecule has 0 aromatic carbocycles. The lowest BCUT2D eigenvalue weighted by molar-refractivity contribution is -0.139. The zero-order chi connectivity index (χ0) is 10.1. The van der Waals surface area contributed by atoms with Crippen molar-refractivity contribution in [2.75, 3.05) is 0 Å². The van der Waals surface area contributed by atoms with Crippen molar-refractivity contribution in [2.45, 2.75) is 39.7 Å². The first kappa shape index (κ1) is 11.8. The highest BCUT2D eigenvalue weighted by Crippen LogP contribution is 1.93. The lowest BCUT2D eigenvalue weighted by atomic mass is 10.3. The molecule has 0 spiro atoms. The maximum atomic E-state index is 11.0. The zero-order valence-electron chi connectivity index (χ0n) is 8.46. The lowest BCUT2D eigenvalue weighted by Gasteiger charge is -2.03. The van der Waals surface area contributed by atoms with Gasteiger partial charge in [-0.3, -0.25) is 0 Å². The Bertz CT molecular complexity index is 230. The summed E-state index contributed by atoms with van der Waals surface area (Å²) in [6, 6.07) is 0. The SMILES string of the molecule is C/C=C\C(C)OC(=O)C#CCCC. The van der Waals surface area contributed by atoms with Crippen LogP contribution in [0.4, 0.5) is 0 Å². The quantitative estimate of drug-likeness (QED) is 0.288. The van der Waals surface area contributed by atoms with Crippen molar-refractivity contribution >= 4 is 5.97 Å². The zero-order valence-corrected chi connectivity index (χ0v) is 8.46. The van der Waals surface area contributed by atoms with Crippen LogP contribution in [0, 0.1) is 11.8 Å². The molecule has 0 fully saturated rings. The van der Waals surface area contributed by atoms with Gasteiger partial charge in [0.2, 0.25) is 0 Å². The Hall–Kier alpha value is -1.23. The van der Waals surface area contributed by atoms with Crippen LogP contribution in [0.5, 0.6) is 0 Å². The highest BCUT2D eigenvalue weighted by Gasteiger charge is 2.01. The smallest absolute Gasteiger partial charge is 0.384 e. The molecule has 0 aliphatic rings. The molecule has 1 unspecified atom stereocenters. The van der Waals surface area contributed by atoms with Crippen molar-refractivity contribution in [1.82, 2.24) is 0 Å². The lowest BCUT2D eigenvalue weighted by Crippen LogP contribution is -2.10. The van der Waals surface area contributed by atoms with Gasteiger partial charge in [-0.2, -0.15) is 0 Å². The third kappa shape index (κ3) is 7.14. The predicted octanol–water partition coefficient (Wildman–Crippen LogP) is 2.30. The molecule has 0 aromatic heterocycles. The Morgan fingerprint density at radius 2 is 2.31 bits per heavy atom. The fraction of sp³-hybridized carbons (Fsp3) is 0.545. The monoisotopic (exact) mass is 180 g/mol. The predicted molar refractivity (Wildman–Crippen MR) is 53.1 cm³/mol. The molecule has 0 aliphatic heterocycles. The molecule has 72 valence electrons. The van der Waals surface area contributed by atoms with Crippen molar-refractivity contribution in [2.24, 2.45) is 0 Å². The summed E-state index contributed by atoms with van der Waals surface area (Å²) in [5.41, 5.74) is 0. The van der Waals surface area contributed by atoms with E-state index in [0.29, 0.717) is 0 Å². The van der Waals surface area contributed by atoms with Crippen molar-refractivity contribution in [3.8, 4) is 11.8 Å². The van der Waals surface area contributed by atoms with Gasteiger partial charge in [0, 0.05) is 12.3 Å². The molecule has 0 radical (unpaired) electrons. The molecule has 2 heteroatoms. The molecular formula is C11H16O2. The van der Waals surface area contributed by atoms with E-state index in [-0.39, 0.29) is 6.10 Å². The fourth-order valence-electron chi connectivity index (χ4n) is 0.768. The van der Waals surface area contributed by atoms with E-state index in [4.69, 9.17) is 4.74 Å². The third-order valence-corrected chi connectivity index (χ3v) is 1.32. The average molecular weight is 180 g/mol. The molecule has 0 saturated heterocycles. The van der Waals surface area contributed by atoms with Gasteiger partial charge in [0.15, 0.2) is 0 Å². The Kier molecular flexibility index (Phi) is 6.72. The second kappa shape index (κ2) is 7.42. The number of hydrogen-bond donors (Lipinski definition) is 0. The van der Waals surface area contributed by atoms with E-state index in [9.17, 15) is 4.79 Å². The van der Waals surface area contributed by atoms with Crippen LogP contribution in [0.2, 0.25) is 0 Å². The van der Waals surface area contributed by atoms with Gasteiger partial charge in [-0.05, 0) is 26.3 Å². The van der Waals surface area contributed by atoms with E-state index in [1.165, 1.54) is 0 Å². The van der Waals surface area contributed by atoms with E-state index in [1.807, 2.05) is 19.9 Å². The van der Waals surface area contributed by atoms with E-state index in [2.05, 4.69) is 11.8 Å². The highest BCUT2D eigenvalue weighted by atomic mass is 16.5. The molecule has 0 aliphatic carbocycles. The molecule has 0 aromatic rings. The Balaban J connectivity index is 3.82. The van der Waals surface area contributed by atoms with Gasteiger partial charge in [-0.25, -0.2) is 4.79 Å². The Morgan fingerprint density at radius 1 is 1.62 bits per heavy atom. The van der Waals surface area contributed by atoms with Gasteiger partial charge < -0.3 is 4.74 Å². The summed E-state index contributed by atoms with van der Waals surface area (Å²) in [6.45, 7) is 5.70. The maximum absolute atomic E-state index is 11.0. The first-order chi connectivity index (χ1) is 6.20. The molecular weight excluding hydrogens is 164 g/mol. The number of esters is 1. The summed E-state index contributed by atoms with van der Waals surface area (Å²) < 4.78 is 4.94. The minimum absolute atomic E-state index is 0.187. The minimum Gasteiger partial charge on any atom is -0.449 e. The summed E-state index contributed by atoms with van der Waals surface area (Å²) in [7, 11) is 0. The second-order valence-corrected chi connectivity index (χ2v) is 2.69. The van der Waals surface area contributed by atoms with Crippen LogP contribution in [-0.2, 0) is 9.53 Å². The normalized spacial score (nSPS) is 11.9. The number of carbonyl (C=O) groups is 1. The molecule has 1 atom stereocenters. The van der Waals surface area contributed by atoms with E-state index in [0.717, 1.165) is 12.8 Å². The minimum atomic E-state index is -0.445. The van der Waals surface area contributed by atoms with Gasteiger partial charge >= 0.3 is 5.97 Å². The second-order valence-electron chi connectivity index (χ2n) is 2.69. The summed E-state index contributed by atoms with van der Waals surface area (Å²) in [5, 5.41) is 0. The van der Waals surface area contributed by atoms with E-state index < -0.39 is 5.97 Å². The molecule has 0 amide bonds. The standard InChI is InChI=1S/C11H16O2/c1-4-6-7-9-11(12)13-10(3)8-5-2/h5,8,10H,4,6H2,1-3H3/b8-5-. The van der Waals surface area contributed by atoms with Crippen LogP contribution in [0.3, 0.4) is 0 Å². The van der Waals surface area contributed by atoms with Crippen LogP contribution < -0.4 is 0 Å². The van der Waals surface area contributed by atoms with Crippen molar-refractivity contribution in [3.63, 3.8) is 0 Å². The molecule has 0 bridgehead atoms. The molecule has 0 heterocycles. The number of rotatable bonds is 3. The van der Waals surface area contributed by atoms with Gasteiger partial charge in [0.25, 0.3) is 0 Å². The van der Waals surface area contributed by atoms with Crippen LogP contribution in [0.15, 0.2) is 12.2 Å². The average Bonchev–Trinajstić information content (AvgIpc) is 2.05. The van der Waals surface area contributed by atoms with Crippen LogP contribution in [0.1, 0.15) is 33.6 Å². The van der Waals surface area contributed by atoms with E-state index >= 15 is 0 Å². The Labute approximate surface area is 80.0 Å². The van der Waals surface area contributed by atoms with Gasteiger partial charge in [0.05, 0.1) is 0 Å². The molecule has 0 rings (SSSR count). The number of hydrogen-bond acceptors (Lipinski definition) is 2. The first-order valence-electron chi connectivity index (χ1n) is 4.53. The summed E-state index contributed by atoms with van der Waals surface area (Å²) in [5.74, 6) is 4.72. The van der Waals surface area contributed by atoms with Crippen LogP contribution >= 0.6 is 0 Å². The van der Waals surface area contributed by atoms with Gasteiger partial charge in [-0.1, -0.05) is 18.9 Å². The topological polar surface area (TPSA) is 26.3 Å². The summed E-state index contributed by atoms with van der Waals surface area (Å²) in [6.07, 6.45) is 5.17. The summed E-state index contributed by atoms with van der Waals surface area (Å²) >= 11 is 0. The molecule has 13 heavy (non-hydrogen) atoms. The van der Waals surface area contributed by atoms with Gasteiger partial charge in [0.1, 0.15) is 6.10 Å². The van der Waals surface area contributed by atoms with Crippen molar-refractivity contribution in [1.29, 1.82) is 0 Å². The number of unbranched alkanes of at least 4 members (excludes halogenated alkanes) is 1. The van der Waals surface area contributed by atoms with Crippen molar-refractivity contribution in [3.05, 3.63) is 12.2 Å². The Morgan fingerprint density at radius 3 is 2.85 bits per heavy atom. The maximum Gasteiger partial charge on any atom is 0.384 e. The van der Waals surface area contributed by atoms with Crippen LogP contribution in [-0.4, -0.2) is 12.1 Å². The number of carbonyl (C=O) groups excluding carboxylic acids is 1. The third-order valence-electron chi connectivity index (χ3n) is 1.32. The number of ether oxygens (including phenoxy) is 1. The molecule has 2 nitrogen and oxygen atoms in total.